The molecule has 0 spiro atoms. The zero-order valence-electron chi connectivity index (χ0n) is 16.9. The van der Waals surface area contributed by atoms with Crippen LogP contribution >= 0.6 is 0 Å². The van der Waals surface area contributed by atoms with Crippen molar-refractivity contribution in [2.45, 2.75) is 38.8 Å². The highest BCUT2D eigenvalue weighted by atomic mass is 16.5. The molecule has 0 N–H and O–H groups in total. The van der Waals surface area contributed by atoms with Crippen LogP contribution in [0.4, 0.5) is 5.69 Å². The molecular formula is C23H28N2O3. The number of nitrogens with zero attached hydrogens (tertiary/aromatic N) is 2. The number of amides is 1. The molecule has 148 valence electrons. The number of benzene rings is 2. The minimum Gasteiger partial charge on any atom is -0.493 e. The van der Waals surface area contributed by atoms with E-state index in [0.29, 0.717) is 24.9 Å². The van der Waals surface area contributed by atoms with Gasteiger partial charge in [-0.05, 0) is 61.1 Å². The second-order valence-electron chi connectivity index (χ2n) is 7.69. The predicted octanol–water partition coefficient (Wildman–Crippen LogP) is 3.43. The smallest absolute Gasteiger partial charge is 0.242 e. The average molecular weight is 380 g/mol. The van der Waals surface area contributed by atoms with E-state index in [1.165, 1.54) is 16.8 Å². The van der Waals surface area contributed by atoms with Gasteiger partial charge in [-0.15, -0.1) is 0 Å². The van der Waals surface area contributed by atoms with E-state index >= 15 is 0 Å². The second-order valence-corrected chi connectivity index (χ2v) is 7.69. The first kappa shape index (κ1) is 18.7. The Kier molecular flexibility index (Phi) is 5.16. The molecule has 5 heteroatoms. The zero-order valence-corrected chi connectivity index (χ0v) is 16.9. The van der Waals surface area contributed by atoms with Crippen LogP contribution in [0.2, 0.25) is 0 Å². The van der Waals surface area contributed by atoms with Crippen molar-refractivity contribution in [1.29, 1.82) is 0 Å². The van der Waals surface area contributed by atoms with E-state index in [1.807, 2.05) is 17.0 Å². The monoisotopic (exact) mass is 380 g/mol. The summed E-state index contributed by atoms with van der Waals surface area (Å²) in [6.45, 7) is 4.01. The van der Waals surface area contributed by atoms with Gasteiger partial charge in [-0.25, -0.2) is 0 Å². The molecule has 28 heavy (non-hydrogen) atoms. The summed E-state index contributed by atoms with van der Waals surface area (Å²) in [6, 6.07) is 12.9. The fourth-order valence-electron chi connectivity index (χ4n) is 4.34. The highest BCUT2D eigenvalue weighted by Gasteiger charge is 2.28. The number of methoxy groups -OCH3 is 2. The second kappa shape index (κ2) is 7.74. The molecule has 1 atom stereocenters. The van der Waals surface area contributed by atoms with Gasteiger partial charge in [-0.1, -0.05) is 18.2 Å². The summed E-state index contributed by atoms with van der Waals surface area (Å²) in [6.07, 6.45) is 3.01. The van der Waals surface area contributed by atoms with Crippen molar-refractivity contribution in [1.82, 2.24) is 4.90 Å². The fourth-order valence-corrected chi connectivity index (χ4v) is 4.34. The minimum absolute atomic E-state index is 0.184. The first-order chi connectivity index (χ1) is 13.6. The molecule has 4 rings (SSSR count). The van der Waals surface area contributed by atoms with Gasteiger partial charge in [0.05, 0.1) is 20.8 Å². The van der Waals surface area contributed by atoms with Gasteiger partial charge >= 0.3 is 0 Å². The van der Waals surface area contributed by atoms with Gasteiger partial charge < -0.3 is 19.3 Å². The van der Waals surface area contributed by atoms with Crippen molar-refractivity contribution >= 4 is 11.6 Å². The molecule has 5 nitrogen and oxygen atoms in total. The first-order valence-electron chi connectivity index (χ1n) is 9.96. The summed E-state index contributed by atoms with van der Waals surface area (Å²) in [7, 11) is 3.30. The molecule has 2 heterocycles. The lowest BCUT2D eigenvalue weighted by Gasteiger charge is -2.38. The van der Waals surface area contributed by atoms with E-state index in [2.05, 4.69) is 36.1 Å². The summed E-state index contributed by atoms with van der Waals surface area (Å²) in [5.41, 5.74) is 4.93. The summed E-state index contributed by atoms with van der Waals surface area (Å²) < 4.78 is 10.8. The van der Waals surface area contributed by atoms with Crippen LogP contribution in [-0.2, 0) is 24.2 Å². The molecule has 2 aliphatic heterocycles. The Hall–Kier alpha value is -2.69. The fraction of sp³-hybridized carbons (Fsp3) is 0.435. The number of carbonyl (C=O) groups is 1. The standard InChI is InChI=1S/C23H28N2O3/c1-16-8-9-17-6-4-5-7-20(17)25(16)15-23(26)24-11-10-18-12-21(27-2)22(28-3)13-19(18)14-24/h4-7,12-13,16H,8-11,14-15H2,1-3H3/t16-/m0/s1. The SMILES string of the molecule is COc1cc2c(cc1OC)CN(C(=O)CN1c3ccccc3CC[C@@H]1C)CC2. The molecule has 0 fully saturated rings. The predicted molar refractivity (Wildman–Crippen MR) is 110 cm³/mol. The van der Waals surface area contributed by atoms with Crippen LogP contribution in [0.15, 0.2) is 36.4 Å². The molecule has 2 aromatic rings. The van der Waals surface area contributed by atoms with Crippen LogP contribution in [0.5, 0.6) is 11.5 Å². The third-order valence-corrected chi connectivity index (χ3v) is 6.04. The maximum absolute atomic E-state index is 13.1. The van der Waals surface area contributed by atoms with Gasteiger partial charge in [-0.3, -0.25) is 4.79 Å². The van der Waals surface area contributed by atoms with Crippen molar-refractivity contribution in [2.24, 2.45) is 0 Å². The normalized spacial score (nSPS) is 18.3. The number of ether oxygens (including phenoxy) is 2. The number of para-hydroxylation sites is 1. The Morgan fingerprint density at radius 1 is 1.04 bits per heavy atom. The molecule has 0 saturated carbocycles. The van der Waals surface area contributed by atoms with Crippen molar-refractivity contribution < 1.29 is 14.3 Å². The third kappa shape index (κ3) is 3.41. The van der Waals surface area contributed by atoms with Crippen LogP contribution in [0, 0.1) is 0 Å². The van der Waals surface area contributed by atoms with Gasteiger partial charge in [0.15, 0.2) is 11.5 Å². The molecule has 0 unspecified atom stereocenters. The summed E-state index contributed by atoms with van der Waals surface area (Å²) >= 11 is 0. The van der Waals surface area contributed by atoms with Crippen LogP contribution in [0.3, 0.4) is 0 Å². The van der Waals surface area contributed by atoms with Gasteiger partial charge in [0, 0.05) is 24.8 Å². The van der Waals surface area contributed by atoms with Gasteiger partial charge in [-0.2, -0.15) is 0 Å². The highest BCUT2D eigenvalue weighted by Crippen LogP contribution is 2.34. The lowest BCUT2D eigenvalue weighted by Crippen LogP contribution is -2.47. The number of anilines is 1. The number of fused-ring (bicyclic) bond motifs is 2. The van der Waals surface area contributed by atoms with Crippen molar-refractivity contribution in [3.63, 3.8) is 0 Å². The van der Waals surface area contributed by atoms with Gasteiger partial charge in [0.25, 0.3) is 0 Å². The van der Waals surface area contributed by atoms with E-state index in [0.717, 1.165) is 37.1 Å². The zero-order chi connectivity index (χ0) is 19.7. The maximum atomic E-state index is 13.1. The Bertz CT molecular complexity index is 880. The topological polar surface area (TPSA) is 42.0 Å². The Labute approximate surface area is 166 Å². The maximum Gasteiger partial charge on any atom is 0.242 e. The van der Waals surface area contributed by atoms with Crippen molar-refractivity contribution in [3.05, 3.63) is 53.1 Å². The van der Waals surface area contributed by atoms with Crippen LogP contribution in [-0.4, -0.2) is 44.2 Å². The van der Waals surface area contributed by atoms with E-state index < -0.39 is 0 Å². The van der Waals surface area contributed by atoms with Gasteiger partial charge in [0.1, 0.15) is 0 Å². The van der Waals surface area contributed by atoms with Gasteiger partial charge in [0.2, 0.25) is 5.91 Å². The number of carbonyl (C=O) groups excluding carboxylic acids is 1. The lowest BCUT2D eigenvalue weighted by atomic mass is 9.96. The Morgan fingerprint density at radius 2 is 1.75 bits per heavy atom. The summed E-state index contributed by atoms with van der Waals surface area (Å²) in [5.74, 6) is 1.65. The van der Waals surface area contributed by atoms with Crippen LogP contribution in [0.25, 0.3) is 0 Å². The van der Waals surface area contributed by atoms with Crippen LogP contribution < -0.4 is 14.4 Å². The Balaban J connectivity index is 1.51. The number of rotatable bonds is 4. The van der Waals surface area contributed by atoms with Crippen molar-refractivity contribution in [3.8, 4) is 11.5 Å². The first-order valence-corrected chi connectivity index (χ1v) is 9.96. The quantitative estimate of drug-likeness (QED) is 0.815. The molecule has 1 amide bonds. The molecule has 0 bridgehead atoms. The van der Waals surface area contributed by atoms with E-state index in [-0.39, 0.29) is 5.91 Å². The lowest BCUT2D eigenvalue weighted by molar-refractivity contribution is -0.130. The minimum atomic E-state index is 0.184. The van der Waals surface area contributed by atoms with Crippen molar-refractivity contribution in [2.75, 3.05) is 32.2 Å². The third-order valence-electron chi connectivity index (χ3n) is 6.04. The molecule has 2 aromatic carbocycles. The Morgan fingerprint density at radius 3 is 2.50 bits per heavy atom. The number of aryl methyl sites for hydroxylation is 1. The van der Waals surface area contributed by atoms with Crippen LogP contribution in [0.1, 0.15) is 30.0 Å². The summed E-state index contributed by atoms with van der Waals surface area (Å²) in [4.78, 5) is 17.4. The molecule has 0 saturated heterocycles. The number of hydrogen-bond acceptors (Lipinski definition) is 4. The molecule has 0 radical (unpaired) electrons. The summed E-state index contributed by atoms with van der Waals surface area (Å²) in [5, 5.41) is 0. The molecule has 2 aliphatic rings. The highest BCUT2D eigenvalue weighted by molar-refractivity contribution is 5.82. The molecular weight excluding hydrogens is 352 g/mol. The molecule has 0 aromatic heterocycles. The van der Waals surface area contributed by atoms with E-state index in [4.69, 9.17) is 9.47 Å². The molecule has 0 aliphatic carbocycles. The average Bonchev–Trinajstić information content (AvgIpc) is 2.74. The van der Waals surface area contributed by atoms with E-state index in [9.17, 15) is 4.79 Å². The number of hydrogen-bond donors (Lipinski definition) is 0. The largest absolute Gasteiger partial charge is 0.493 e. The van der Waals surface area contributed by atoms with E-state index in [1.54, 1.807) is 14.2 Å².